The summed E-state index contributed by atoms with van der Waals surface area (Å²) in [6.45, 7) is 6.08. The second kappa shape index (κ2) is 6.51. The number of hydrogen-bond donors (Lipinski definition) is 1. The molecule has 0 fully saturated rings. The highest BCUT2D eigenvalue weighted by Crippen LogP contribution is 2.42. The Morgan fingerprint density at radius 3 is 2.82 bits per heavy atom. The largest absolute Gasteiger partial charge is 0.490 e. The summed E-state index contributed by atoms with van der Waals surface area (Å²) in [7, 11) is 0. The van der Waals surface area contributed by atoms with Crippen LogP contribution in [-0.4, -0.2) is 36.2 Å². The smallest absolute Gasteiger partial charge is 0.328 e. The first kappa shape index (κ1) is 15.9. The van der Waals surface area contributed by atoms with Crippen molar-refractivity contribution in [1.82, 2.24) is 0 Å². The number of hydrogen-bond acceptors (Lipinski definition) is 4. The molecule has 2 rings (SSSR count). The van der Waals surface area contributed by atoms with E-state index in [0.29, 0.717) is 29.4 Å². The van der Waals surface area contributed by atoms with E-state index in [2.05, 4.69) is 0 Å². The number of amides is 1. The fourth-order valence-electron chi connectivity index (χ4n) is 2.36. The summed E-state index contributed by atoms with van der Waals surface area (Å²) in [6, 6.07) is 3.40. The molecule has 6 nitrogen and oxygen atoms in total. The molecule has 1 amide bonds. The second-order valence-electron chi connectivity index (χ2n) is 5.12. The van der Waals surface area contributed by atoms with Crippen LogP contribution >= 0.6 is 0 Å². The van der Waals surface area contributed by atoms with Gasteiger partial charge in [0.25, 0.3) is 5.91 Å². The predicted octanol–water partition coefficient (Wildman–Crippen LogP) is 2.32. The number of carbonyl (C=O) groups is 2. The van der Waals surface area contributed by atoms with Crippen LogP contribution in [0.25, 0.3) is 6.08 Å². The van der Waals surface area contributed by atoms with Gasteiger partial charge < -0.3 is 19.5 Å². The third-order valence-corrected chi connectivity index (χ3v) is 3.16. The molecule has 0 aliphatic carbocycles. The van der Waals surface area contributed by atoms with Gasteiger partial charge in [0, 0.05) is 12.1 Å². The Morgan fingerprint density at radius 1 is 1.50 bits per heavy atom. The normalized spacial score (nSPS) is 14.2. The van der Waals surface area contributed by atoms with Crippen molar-refractivity contribution in [3.05, 3.63) is 23.8 Å². The molecule has 0 saturated carbocycles. The van der Waals surface area contributed by atoms with E-state index in [1.807, 2.05) is 20.8 Å². The fraction of sp³-hybridized carbons (Fsp3) is 0.375. The number of aliphatic carboxylic acids is 1. The zero-order valence-electron chi connectivity index (χ0n) is 12.8. The van der Waals surface area contributed by atoms with Crippen molar-refractivity contribution in [2.24, 2.45) is 0 Å². The molecule has 6 heteroatoms. The van der Waals surface area contributed by atoms with Gasteiger partial charge in [0.2, 0.25) is 0 Å². The number of carboxylic acid groups (broad SMARTS) is 1. The van der Waals surface area contributed by atoms with Gasteiger partial charge in [-0.2, -0.15) is 0 Å². The summed E-state index contributed by atoms with van der Waals surface area (Å²) < 4.78 is 11.1. The van der Waals surface area contributed by atoms with Crippen LogP contribution in [0.1, 0.15) is 26.3 Å². The predicted molar refractivity (Wildman–Crippen MR) is 82.4 cm³/mol. The zero-order valence-corrected chi connectivity index (χ0v) is 12.8. The molecule has 0 aromatic heterocycles. The minimum absolute atomic E-state index is 0.0322. The average molecular weight is 305 g/mol. The average Bonchev–Trinajstić information content (AvgIpc) is 2.44. The van der Waals surface area contributed by atoms with Gasteiger partial charge in [-0.15, -0.1) is 0 Å². The molecular weight excluding hydrogens is 286 g/mol. The summed E-state index contributed by atoms with van der Waals surface area (Å²) in [5, 5.41) is 8.76. The number of ether oxygens (including phenoxy) is 2. The Bertz CT molecular complexity index is 621. The highest BCUT2D eigenvalue weighted by molar-refractivity contribution is 5.99. The molecule has 1 heterocycles. The maximum absolute atomic E-state index is 12.1. The Kier molecular flexibility index (Phi) is 4.70. The van der Waals surface area contributed by atoms with Gasteiger partial charge in [0.1, 0.15) is 0 Å². The third-order valence-electron chi connectivity index (χ3n) is 3.16. The number of fused-ring (bicyclic) bond motifs is 1. The van der Waals surface area contributed by atoms with Gasteiger partial charge in [-0.1, -0.05) is 0 Å². The number of rotatable bonds is 5. The number of carbonyl (C=O) groups excluding carboxylic acids is 1. The minimum Gasteiger partial charge on any atom is -0.490 e. The Hall–Kier alpha value is -2.50. The SMILES string of the molecule is CCOc1cc(/C=C/C(=O)O)cc2c1OCC(=O)N2C(C)C. The van der Waals surface area contributed by atoms with E-state index in [-0.39, 0.29) is 18.6 Å². The zero-order chi connectivity index (χ0) is 16.3. The van der Waals surface area contributed by atoms with Crippen molar-refractivity contribution < 1.29 is 24.2 Å². The highest BCUT2D eigenvalue weighted by Gasteiger charge is 2.30. The number of anilines is 1. The molecule has 1 aliphatic heterocycles. The van der Waals surface area contributed by atoms with Crippen molar-refractivity contribution in [3.63, 3.8) is 0 Å². The van der Waals surface area contributed by atoms with Crippen molar-refractivity contribution in [2.45, 2.75) is 26.8 Å². The first-order chi connectivity index (χ1) is 10.4. The maximum Gasteiger partial charge on any atom is 0.328 e. The first-order valence-corrected chi connectivity index (χ1v) is 7.10. The quantitative estimate of drug-likeness (QED) is 0.845. The van der Waals surface area contributed by atoms with Crippen LogP contribution in [0.3, 0.4) is 0 Å². The highest BCUT2D eigenvalue weighted by atomic mass is 16.5. The lowest BCUT2D eigenvalue weighted by Gasteiger charge is -2.33. The summed E-state index contributed by atoms with van der Waals surface area (Å²) in [6.07, 6.45) is 2.51. The lowest BCUT2D eigenvalue weighted by Crippen LogP contribution is -2.43. The van der Waals surface area contributed by atoms with Crippen molar-refractivity contribution in [1.29, 1.82) is 0 Å². The number of carboxylic acids is 1. The molecule has 0 unspecified atom stereocenters. The van der Waals surface area contributed by atoms with E-state index >= 15 is 0 Å². The Balaban J connectivity index is 2.56. The molecule has 1 aromatic rings. The van der Waals surface area contributed by atoms with Gasteiger partial charge in [-0.25, -0.2) is 4.79 Å². The van der Waals surface area contributed by atoms with Gasteiger partial charge in [-0.05, 0) is 44.5 Å². The van der Waals surface area contributed by atoms with Crippen molar-refractivity contribution >= 4 is 23.6 Å². The molecule has 0 radical (unpaired) electrons. The number of benzene rings is 1. The standard InChI is InChI=1S/C16H19NO5/c1-4-21-13-8-11(5-6-15(19)20)7-12-16(13)22-9-14(18)17(12)10(2)3/h5-8,10H,4,9H2,1-3H3,(H,19,20)/b6-5+. The van der Waals surface area contributed by atoms with E-state index < -0.39 is 5.97 Å². The van der Waals surface area contributed by atoms with Gasteiger partial charge in [-0.3, -0.25) is 4.79 Å². The molecule has 1 aliphatic rings. The van der Waals surface area contributed by atoms with Crippen LogP contribution < -0.4 is 14.4 Å². The van der Waals surface area contributed by atoms with E-state index in [4.69, 9.17) is 14.6 Å². The second-order valence-corrected chi connectivity index (χ2v) is 5.12. The molecule has 0 spiro atoms. The number of nitrogens with zero attached hydrogens (tertiary/aromatic N) is 1. The first-order valence-electron chi connectivity index (χ1n) is 7.10. The Labute approximate surface area is 128 Å². The molecule has 0 saturated heterocycles. The maximum atomic E-state index is 12.1. The molecule has 0 bridgehead atoms. The summed E-state index contributed by atoms with van der Waals surface area (Å²) >= 11 is 0. The van der Waals surface area contributed by atoms with Gasteiger partial charge >= 0.3 is 5.97 Å². The molecule has 1 aromatic carbocycles. The summed E-state index contributed by atoms with van der Waals surface area (Å²) in [5.41, 5.74) is 1.23. The van der Waals surface area contributed by atoms with E-state index in [9.17, 15) is 9.59 Å². The lowest BCUT2D eigenvalue weighted by molar-refractivity contribution is -0.131. The molecule has 22 heavy (non-hydrogen) atoms. The lowest BCUT2D eigenvalue weighted by atomic mass is 10.1. The fourth-order valence-corrected chi connectivity index (χ4v) is 2.36. The topological polar surface area (TPSA) is 76.1 Å². The van der Waals surface area contributed by atoms with Crippen LogP contribution in [0.2, 0.25) is 0 Å². The van der Waals surface area contributed by atoms with Crippen LogP contribution in [0.4, 0.5) is 5.69 Å². The van der Waals surface area contributed by atoms with E-state index in [1.165, 1.54) is 6.08 Å². The molecular formula is C16H19NO5. The van der Waals surface area contributed by atoms with Crippen LogP contribution in [0, 0.1) is 0 Å². The van der Waals surface area contributed by atoms with Gasteiger partial charge in [0.15, 0.2) is 18.1 Å². The van der Waals surface area contributed by atoms with E-state index in [1.54, 1.807) is 17.0 Å². The minimum atomic E-state index is -1.04. The van der Waals surface area contributed by atoms with Crippen LogP contribution in [0.5, 0.6) is 11.5 Å². The molecule has 0 atom stereocenters. The summed E-state index contributed by atoms with van der Waals surface area (Å²) in [4.78, 5) is 24.4. The monoisotopic (exact) mass is 305 g/mol. The Morgan fingerprint density at radius 2 is 2.23 bits per heavy atom. The van der Waals surface area contributed by atoms with Crippen molar-refractivity contribution in [2.75, 3.05) is 18.1 Å². The molecule has 1 N–H and O–H groups in total. The van der Waals surface area contributed by atoms with Crippen LogP contribution in [-0.2, 0) is 9.59 Å². The van der Waals surface area contributed by atoms with E-state index in [0.717, 1.165) is 6.08 Å². The third kappa shape index (κ3) is 3.21. The van der Waals surface area contributed by atoms with Crippen molar-refractivity contribution in [3.8, 4) is 11.5 Å². The molecule has 118 valence electrons. The summed E-state index contributed by atoms with van der Waals surface area (Å²) in [5.74, 6) is -0.154. The van der Waals surface area contributed by atoms with Gasteiger partial charge in [0.05, 0.1) is 12.3 Å². The van der Waals surface area contributed by atoms with Crippen LogP contribution in [0.15, 0.2) is 18.2 Å².